The van der Waals surface area contributed by atoms with E-state index >= 15 is 0 Å². The molecule has 0 unspecified atom stereocenters. The fourth-order valence-electron chi connectivity index (χ4n) is 2.89. The number of ether oxygens (including phenoxy) is 1. The van der Waals surface area contributed by atoms with Crippen molar-refractivity contribution in [1.82, 2.24) is 5.32 Å². The number of carbonyl (C=O) groups excluding carboxylic acids is 1. The Balaban J connectivity index is 1.83. The van der Waals surface area contributed by atoms with Crippen molar-refractivity contribution in [3.63, 3.8) is 0 Å². The molecule has 0 aliphatic rings. The lowest BCUT2D eigenvalue weighted by atomic mass is 10.1. The van der Waals surface area contributed by atoms with Gasteiger partial charge in [-0.2, -0.15) is 0 Å². The molecule has 8 heteroatoms. The Hall–Kier alpha value is -3.03. The first kappa shape index (κ1) is 21.7. The molecule has 0 radical (unpaired) electrons. The second-order valence-corrected chi connectivity index (χ2v) is 8.71. The van der Waals surface area contributed by atoms with Crippen molar-refractivity contribution < 1.29 is 17.9 Å². The molecule has 0 aliphatic carbocycles. The van der Waals surface area contributed by atoms with E-state index in [1.54, 1.807) is 48.5 Å². The molecule has 0 fully saturated rings. The zero-order valence-corrected chi connectivity index (χ0v) is 18.0. The van der Waals surface area contributed by atoms with Crippen LogP contribution in [-0.4, -0.2) is 21.4 Å². The van der Waals surface area contributed by atoms with Crippen LogP contribution in [0.4, 0.5) is 5.69 Å². The summed E-state index contributed by atoms with van der Waals surface area (Å²) in [6, 6.07) is 18.3. The topological polar surface area (TPSA) is 84.5 Å². The highest BCUT2D eigenvalue weighted by Gasteiger charge is 2.22. The van der Waals surface area contributed by atoms with Gasteiger partial charge in [0.1, 0.15) is 10.6 Å². The summed E-state index contributed by atoms with van der Waals surface area (Å²) in [4.78, 5) is 12.7. The van der Waals surface area contributed by atoms with Gasteiger partial charge >= 0.3 is 0 Å². The van der Waals surface area contributed by atoms with Crippen LogP contribution >= 0.6 is 11.6 Å². The highest BCUT2D eigenvalue weighted by atomic mass is 35.5. The highest BCUT2D eigenvalue weighted by molar-refractivity contribution is 7.92. The van der Waals surface area contributed by atoms with Gasteiger partial charge in [0.25, 0.3) is 15.9 Å². The first-order valence-corrected chi connectivity index (χ1v) is 11.0. The smallest absolute Gasteiger partial charge is 0.265 e. The predicted molar refractivity (Wildman–Crippen MR) is 118 cm³/mol. The van der Waals surface area contributed by atoms with E-state index in [2.05, 4.69) is 10.0 Å². The van der Waals surface area contributed by atoms with Crippen LogP contribution in [0.15, 0.2) is 71.6 Å². The van der Waals surface area contributed by atoms with E-state index in [0.29, 0.717) is 5.02 Å². The maximum Gasteiger partial charge on any atom is 0.265 e. The largest absolute Gasteiger partial charge is 0.495 e. The van der Waals surface area contributed by atoms with Crippen molar-refractivity contribution in [2.24, 2.45) is 0 Å². The number of para-hydroxylation sites is 1. The second kappa shape index (κ2) is 9.19. The van der Waals surface area contributed by atoms with Crippen LogP contribution in [0.2, 0.25) is 5.02 Å². The Kier molecular flexibility index (Phi) is 6.64. The third-order valence-corrected chi connectivity index (χ3v) is 6.01. The van der Waals surface area contributed by atoms with Gasteiger partial charge in [-0.1, -0.05) is 41.9 Å². The minimum Gasteiger partial charge on any atom is -0.495 e. The first-order valence-electron chi connectivity index (χ1n) is 9.09. The summed E-state index contributed by atoms with van der Waals surface area (Å²) in [5, 5.41) is 3.35. The van der Waals surface area contributed by atoms with Crippen molar-refractivity contribution >= 4 is 33.2 Å². The number of nitrogens with one attached hydrogen (secondary N) is 2. The molecule has 0 aromatic heterocycles. The molecule has 0 atom stereocenters. The van der Waals surface area contributed by atoms with Crippen LogP contribution in [0.1, 0.15) is 21.5 Å². The number of methoxy groups -OCH3 is 1. The lowest BCUT2D eigenvalue weighted by Gasteiger charge is -2.15. The van der Waals surface area contributed by atoms with Crippen molar-refractivity contribution in [2.45, 2.75) is 18.4 Å². The number of benzene rings is 3. The number of hydrogen-bond acceptors (Lipinski definition) is 4. The normalized spacial score (nSPS) is 11.0. The summed E-state index contributed by atoms with van der Waals surface area (Å²) >= 11 is 5.97. The lowest BCUT2D eigenvalue weighted by Crippen LogP contribution is -2.25. The summed E-state index contributed by atoms with van der Waals surface area (Å²) in [5.41, 5.74) is 2.07. The number of rotatable bonds is 7. The minimum atomic E-state index is -3.97. The van der Waals surface area contributed by atoms with Gasteiger partial charge in [0, 0.05) is 11.6 Å². The minimum absolute atomic E-state index is 0.00950. The number of anilines is 1. The molecular formula is C22H21ClN2O4S. The predicted octanol–water partition coefficient (Wildman–Crippen LogP) is 4.39. The van der Waals surface area contributed by atoms with E-state index in [1.807, 2.05) is 13.0 Å². The SMILES string of the molecule is COc1cc(C)ccc1S(=O)(=O)Nc1ccccc1C(=O)NCc1cccc(Cl)c1. The van der Waals surface area contributed by atoms with Crippen LogP contribution in [-0.2, 0) is 16.6 Å². The van der Waals surface area contributed by atoms with Crippen LogP contribution < -0.4 is 14.8 Å². The van der Waals surface area contributed by atoms with Gasteiger partial charge in [-0.15, -0.1) is 0 Å². The third-order valence-electron chi connectivity index (χ3n) is 4.37. The van der Waals surface area contributed by atoms with Crippen LogP contribution in [0.25, 0.3) is 0 Å². The Morgan fingerprint density at radius 3 is 2.53 bits per heavy atom. The number of aryl methyl sites for hydroxylation is 1. The lowest BCUT2D eigenvalue weighted by molar-refractivity contribution is 0.0952. The summed E-state index contributed by atoms with van der Waals surface area (Å²) in [7, 11) is -2.57. The number of hydrogen-bond donors (Lipinski definition) is 2. The molecule has 3 aromatic carbocycles. The van der Waals surface area contributed by atoms with Crippen molar-refractivity contribution in [3.05, 3.63) is 88.4 Å². The van der Waals surface area contributed by atoms with Crippen LogP contribution in [0, 0.1) is 6.92 Å². The maximum absolute atomic E-state index is 12.9. The van der Waals surface area contributed by atoms with Gasteiger partial charge in [0.15, 0.2) is 0 Å². The molecule has 1 amide bonds. The van der Waals surface area contributed by atoms with Gasteiger partial charge in [-0.25, -0.2) is 8.42 Å². The molecule has 0 spiro atoms. The van der Waals surface area contributed by atoms with Gasteiger partial charge in [-0.3, -0.25) is 9.52 Å². The maximum atomic E-state index is 12.9. The molecule has 0 bridgehead atoms. The van der Waals surface area contributed by atoms with E-state index in [-0.39, 0.29) is 28.4 Å². The number of carbonyl (C=O) groups is 1. The average Bonchev–Trinajstić information content (AvgIpc) is 2.72. The Bertz CT molecular complexity index is 1180. The molecule has 0 saturated carbocycles. The Morgan fingerprint density at radius 2 is 1.80 bits per heavy atom. The average molecular weight is 445 g/mol. The van der Waals surface area contributed by atoms with Crippen LogP contribution in [0.3, 0.4) is 0 Å². The summed E-state index contributed by atoms with van der Waals surface area (Å²) in [6.07, 6.45) is 0. The van der Waals surface area contributed by atoms with E-state index in [0.717, 1.165) is 11.1 Å². The second-order valence-electron chi connectivity index (χ2n) is 6.62. The molecule has 2 N–H and O–H groups in total. The van der Waals surface area contributed by atoms with E-state index in [1.165, 1.54) is 19.2 Å². The molecule has 156 valence electrons. The molecule has 30 heavy (non-hydrogen) atoms. The zero-order chi connectivity index (χ0) is 21.7. The summed E-state index contributed by atoms with van der Waals surface area (Å²) < 4.78 is 33.6. The molecule has 6 nitrogen and oxygen atoms in total. The monoisotopic (exact) mass is 444 g/mol. The molecule has 0 heterocycles. The van der Waals surface area contributed by atoms with Gasteiger partial charge < -0.3 is 10.1 Å². The van der Waals surface area contributed by atoms with E-state index < -0.39 is 15.9 Å². The van der Waals surface area contributed by atoms with Crippen molar-refractivity contribution in [3.8, 4) is 5.75 Å². The summed E-state index contributed by atoms with van der Waals surface area (Å²) in [5.74, 6) is -0.186. The van der Waals surface area contributed by atoms with Gasteiger partial charge in [-0.05, 0) is 54.4 Å². The highest BCUT2D eigenvalue weighted by Crippen LogP contribution is 2.28. The van der Waals surface area contributed by atoms with E-state index in [9.17, 15) is 13.2 Å². The van der Waals surface area contributed by atoms with E-state index in [4.69, 9.17) is 16.3 Å². The van der Waals surface area contributed by atoms with Crippen LogP contribution in [0.5, 0.6) is 5.75 Å². The fourth-order valence-corrected chi connectivity index (χ4v) is 4.34. The Labute approximate surface area is 180 Å². The first-order chi connectivity index (χ1) is 14.3. The molecular weight excluding hydrogens is 424 g/mol. The fraction of sp³-hybridized carbons (Fsp3) is 0.136. The summed E-state index contributed by atoms with van der Waals surface area (Å²) in [6.45, 7) is 2.10. The number of sulfonamides is 1. The number of halogens is 1. The quantitative estimate of drug-likeness (QED) is 0.566. The third kappa shape index (κ3) is 5.11. The van der Waals surface area contributed by atoms with Gasteiger partial charge in [0.2, 0.25) is 0 Å². The van der Waals surface area contributed by atoms with Crippen molar-refractivity contribution in [2.75, 3.05) is 11.8 Å². The van der Waals surface area contributed by atoms with Gasteiger partial charge in [0.05, 0.1) is 18.4 Å². The Morgan fingerprint density at radius 1 is 1.03 bits per heavy atom. The van der Waals surface area contributed by atoms with Crippen molar-refractivity contribution in [1.29, 1.82) is 0 Å². The molecule has 0 saturated heterocycles. The molecule has 3 aromatic rings. The molecule has 0 aliphatic heterocycles. The molecule has 3 rings (SSSR count). The standard InChI is InChI=1S/C22H21ClN2O4S/c1-15-10-11-21(20(12-15)29-2)30(27,28)25-19-9-4-3-8-18(19)22(26)24-14-16-6-5-7-17(23)13-16/h3-13,25H,14H2,1-2H3,(H,24,26). The zero-order valence-electron chi connectivity index (χ0n) is 16.5. The number of amides is 1.